The molecule has 1 heteroatoms. The van der Waals surface area contributed by atoms with E-state index in [2.05, 4.69) is 45.7 Å². The van der Waals surface area contributed by atoms with E-state index in [1.807, 2.05) is 0 Å². The van der Waals surface area contributed by atoms with E-state index in [9.17, 15) is 0 Å². The molecular weight excluding hydrogens is 224 g/mol. The highest BCUT2D eigenvalue weighted by Crippen LogP contribution is 2.44. The highest BCUT2D eigenvalue weighted by atomic mass is 32.2. The first-order chi connectivity index (χ1) is 8.07. The van der Waals surface area contributed by atoms with Crippen LogP contribution in [0.25, 0.3) is 0 Å². The lowest BCUT2D eigenvalue weighted by molar-refractivity contribution is 0.141. The molecule has 0 radical (unpaired) electrons. The van der Waals surface area contributed by atoms with Crippen LogP contribution in [0.1, 0.15) is 72.6 Å². The molecule has 1 rings (SSSR count). The molecule has 1 fully saturated rings. The fourth-order valence-electron chi connectivity index (χ4n) is 3.71. The number of rotatable bonds is 3. The highest BCUT2D eigenvalue weighted by molar-refractivity contribution is 7.99. The fraction of sp³-hybridized carbons (Fsp3) is 1.00. The topological polar surface area (TPSA) is 0 Å². The maximum Gasteiger partial charge on any atom is 0.00699 e. The Morgan fingerprint density at radius 1 is 1.18 bits per heavy atom. The zero-order valence-electron chi connectivity index (χ0n) is 12.6. The van der Waals surface area contributed by atoms with Gasteiger partial charge in [0.05, 0.1) is 0 Å². The number of hydrogen-bond donors (Lipinski definition) is 0. The summed E-state index contributed by atoms with van der Waals surface area (Å²) in [5, 5.41) is 0.909. The predicted molar refractivity (Wildman–Crippen MR) is 81.7 cm³/mol. The summed E-state index contributed by atoms with van der Waals surface area (Å²) in [5.41, 5.74) is 0.613. The first-order valence-electron chi connectivity index (χ1n) is 7.60. The van der Waals surface area contributed by atoms with Gasteiger partial charge in [0.25, 0.3) is 0 Å². The Hall–Kier alpha value is 0.350. The standard InChI is InChI=1S/C16H32S/c1-6-14-11-10-13(3)15(17-5)9-8-12-16(14,4)7-2/h13-15H,6-12H2,1-5H3. The fourth-order valence-corrected chi connectivity index (χ4v) is 4.71. The van der Waals surface area contributed by atoms with Crippen molar-refractivity contribution in [2.24, 2.45) is 17.3 Å². The molecule has 17 heavy (non-hydrogen) atoms. The largest absolute Gasteiger partial charge is 0.162 e. The van der Waals surface area contributed by atoms with Crippen molar-refractivity contribution in [2.45, 2.75) is 77.9 Å². The van der Waals surface area contributed by atoms with Gasteiger partial charge < -0.3 is 0 Å². The Kier molecular flexibility index (Phi) is 6.40. The van der Waals surface area contributed by atoms with Crippen molar-refractivity contribution in [1.29, 1.82) is 0 Å². The van der Waals surface area contributed by atoms with Gasteiger partial charge in [-0.3, -0.25) is 0 Å². The lowest BCUT2D eigenvalue weighted by Crippen LogP contribution is -2.26. The van der Waals surface area contributed by atoms with Crippen LogP contribution in [-0.2, 0) is 0 Å². The van der Waals surface area contributed by atoms with Gasteiger partial charge in [0.2, 0.25) is 0 Å². The third-order valence-electron chi connectivity index (χ3n) is 5.43. The first-order valence-corrected chi connectivity index (χ1v) is 8.89. The minimum absolute atomic E-state index is 0.613. The van der Waals surface area contributed by atoms with E-state index in [4.69, 9.17) is 0 Å². The Balaban J connectivity index is 2.74. The van der Waals surface area contributed by atoms with Gasteiger partial charge in [0.15, 0.2) is 0 Å². The van der Waals surface area contributed by atoms with E-state index in [1.165, 1.54) is 44.9 Å². The normalized spacial score (nSPS) is 40.4. The molecule has 0 bridgehead atoms. The average Bonchev–Trinajstić information content (AvgIpc) is 2.39. The van der Waals surface area contributed by atoms with Crippen LogP contribution in [0.5, 0.6) is 0 Å². The molecule has 0 aromatic rings. The van der Waals surface area contributed by atoms with Gasteiger partial charge in [-0.25, -0.2) is 0 Å². The lowest BCUT2D eigenvalue weighted by Gasteiger charge is -2.37. The van der Waals surface area contributed by atoms with Gasteiger partial charge in [-0.15, -0.1) is 0 Å². The van der Waals surface area contributed by atoms with Gasteiger partial charge in [-0.2, -0.15) is 11.8 Å². The van der Waals surface area contributed by atoms with Crippen LogP contribution < -0.4 is 0 Å². The van der Waals surface area contributed by atoms with Crippen LogP contribution >= 0.6 is 11.8 Å². The molecule has 0 aliphatic heterocycles. The van der Waals surface area contributed by atoms with Crippen LogP contribution in [0.3, 0.4) is 0 Å². The molecule has 0 aromatic heterocycles. The van der Waals surface area contributed by atoms with Crippen LogP contribution in [-0.4, -0.2) is 11.5 Å². The van der Waals surface area contributed by atoms with E-state index in [0.29, 0.717) is 5.41 Å². The van der Waals surface area contributed by atoms with E-state index >= 15 is 0 Å². The Bertz CT molecular complexity index is 214. The quantitative estimate of drug-likeness (QED) is 0.618. The minimum Gasteiger partial charge on any atom is -0.162 e. The summed E-state index contributed by atoms with van der Waals surface area (Å²) in [6.07, 6.45) is 12.3. The summed E-state index contributed by atoms with van der Waals surface area (Å²) in [7, 11) is 0. The van der Waals surface area contributed by atoms with Crippen molar-refractivity contribution < 1.29 is 0 Å². The molecule has 0 saturated heterocycles. The van der Waals surface area contributed by atoms with Gasteiger partial charge in [-0.05, 0) is 49.2 Å². The molecule has 1 saturated carbocycles. The predicted octanol–water partition coefficient (Wildman–Crippen LogP) is 5.76. The molecule has 0 amide bonds. The molecule has 4 atom stereocenters. The SMILES string of the molecule is CCC1CCC(C)C(SC)CCCC1(C)CC. The van der Waals surface area contributed by atoms with E-state index < -0.39 is 0 Å². The molecule has 4 unspecified atom stereocenters. The van der Waals surface area contributed by atoms with E-state index in [-0.39, 0.29) is 0 Å². The summed E-state index contributed by atoms with van der Waals surface area (Å²) >= 11 is 2.10. The second-order valence-electron chi connectivity index (χ2n) is 6.33. The molecule has 0 N–H and O–H groups in total. The second-order valence-corrected chi connectivity index (χ2v) is 7.41. The van der Waals surface area contributed by atoms with Crippen LogP contribution in [0.4, 0.5) is 0 Å². The smallest absolute Gasteiger partial charge is 0.00699 e. The molecule has 1 aliphatic carbocycles. The third kappa shape index (κ3) is 3.91. The Morgan fingerprint density at radius 2 is 1.88 bits per heavy atom. The van der Waals surface area contributed by atoms with Crippen molar-refractivity contribution in [1.82, 2.24) is 0 Å². The van der Waals surface area contributed by atoms with Crippen LogP contribution in [0.15, 0.2) is 0 Å². The van der Waals surface area contributed by atoms with E-state index in [0.717, 1.165) is 17.1 Å². The molecule has 102 valence electrons. The summed E-state index contributed by atoms with van der Waals surface area (Å²) < 4.78 is 0. The third-order valence-corrected chi connectivity index (χ3v) is 6.74. The summed E-state index contributed by atoms with van der Waals surface area (Å²) in [6.45, 7) is 9.82. The van der Waals surface area contributed by atoms with Crippen molar-refractivity contribution in [2.75, 3.05) is 6.26 Å². The van der Waals surface area contributed by atoms with Crippen molar-refractivity contribution in [3.8, 4) is 0 Å². The summed E-state index contributed by atoms with van der Waals surface area (Å²) in [6, 6.07) is 0. The Morgan fingerprint density at radius 3 is 2.41 bits per heavy atom. The maximum absolute atomic E-state index is 2.55. The van der Waals surface area contributed by atoms with Crippen molar-refractivity contribution in [3.63, 3.8) is 0 Å². The minimum atomic E-state index is 0.613. The number of thioether (sulfide) groups is 1. The second kappa shape index (κ2) is 7.07. The van der Waals surface area contributed by atoms with Crippen molar-refractivity contribution in [3.05, 3.63) is 0 Å². The van der Waals surface area contributed by atoms with Gasteiger partial charge in [0.1, 0.15) is 0 Å². The van der Waals surface area contributed by atoms with Gasteiger partial charge >= 0.3 is 0 Å². The monoisotopic (exact) mass is 256 g/mol. The molecule has 0 nitrogen and oxygen atoms in total. The molecule has 1 aliphatic rings. The van der Waals surface area contributed by atoms with Gasteiger partial charge in [-0.1, -0.05) is 47.0 Å². The van der Waals surface area contributed by atoms with Crippen molar-refractivity contribution >= 4 is 11.8 Å². The molecular formula is C16H32S. The zero-order valence-corrected chi connectivity index (χ0v) is 13.4. The summed E-state index contributed by atoms with van der Waals surface area (Å²) in [4.78, 5) is 0. The molecule has 0 heterocycles. The maximum atomic E-state index is 2.55. The lowest BCUT2D eigenvalue weighted by atomic mass is 9.69. The highest BCUT2D eigenvalue weighted by Gasteiger charge is 2.33. The van der Waals surface area contributed by atoms with Gasteiger partial charge in [0, 0.05) is 5.25 Å². The molecule has 0 aromatic carbocycles. The van der Waals surface area contributed by atoms with Crippen LogP contribution in [0.2, 0.25) is 0 Å². The first kappa shape index (κ1) is 15.4. The number of hydrogen-bond acceptors (Lipinski definition) is 1. The summed E-state index contributed by atoms with van der Waals surface area (Å²) in [5.74, 6) is 1.87. The Labute approximate surface area is 113 Å². The average molecular weight is 256 g/mol. The van der Waals surface area contributed by atoms with Crippen LogP contribution in [0, 0.1) is 17.3 Å². The van der Waals surface area contributed by atoms with E-state index in [1.54, 1.807) is 0 Å². The zero-order chi connectivity index (χ0) is 12.9. The molecule has 0 spiro atoms.